The van der Waals surface area contributed by atoms with Crippen molar-refractivity contribution in [2.24, 2.45) is 5.73 Å². The molecule has 1 fully saturated rings. The maximum absolute atomic E-state index is 12.3. The van der Waals surface area contributed by atoms with Crippen LogP contribution in [0.3, 0.4) is 0 Å². The van der Waals surface area contributed by atoms with Gasteiger partial charge in [0.05, 0.1) is 0 Å². The van der Waals surface area contributed by atoms with E-state index in [2.05, 4.69) is 0 Å². The van der Waals surface area contributed by atoms with Gasteiger partial charge in [0.25, 0.3) is 0 Å². The van der Waals surface area contributed by atoms with E-state index in [1.807, 2.05) is 0 Å². The Balaban J connectivity index is 2.75. The van der Waals surface area contributed by atoms with E-state index in [0.717, 1.165) is 7.05 Å². The molecule has 2 N–H and O–H groups in total. The fourth-order valence-corrected chi connectivity index (χ4v) is 2.75. The number of alkyl halides is 3. The van der Waals surface area contributed by atoms with Gasteiger partial charge in [0, 0.05) is 19.1 Å². The van der Waals surface area contributed by atoms with E-state index in [-0.39, 0.29) is 6.04 Å². The van der Waals surface area contributed by atoms with Gasteiger partial charge in [-0.25, -0.2) is 8.42 Å². The van der Waals surface area contributed by atoms with Crippen LogP contribution in [-0.4, -0.2) is 37.4 Å². The highest BCUT2D eigenvalue weighted by Gasteiger charge is 2.50. The molecule has 0 amide bonds. The van der Waals surface area contributed by atoms with E-state index in [1.54, 1.807) is 0 Å². The monoisotopic (exact) mass is 260 g/mol. The molecule has 16 heavy (non-hydrogen) atoms. The van der Waals surface area contributed by atoms with Crippen molar-refractivity contribution in [3.05, 3.63) is 0 Å². The molecule has 1 aliphatic carbocycles. The number of nitrogens with zero attached hydrogens (tertiary/aromatic N) is 1. The van der Waals surface area contributed by atoms with Crippen molar-refractivity contribution in [3.8, 4) is 0 Å². The highest BCUT2D eigenvalue weighted by Crippen LogP contribution is 2.31. The molecule has 0 aromatic carbocycles. The van der Waals surface area contributed by atoms with Gasteiger partial charge in [0.2, 0.25) is 0 Å². The molecule has 1 rings (SSSR count). The molecule has 1 aliphatic rings. The van der Waals surface area contributed by atoms with E-state index in [1.165, 1.54) is 0 Å². The van der Waals surface area contributed by atoms with Crippen molar-refractivity contribution >= 4 is 10.0 Å². The average Bonchev–Trinajstić information content (AvgIpc) is 2.16. The van der Waals surface area contributed by atoms with E-state index >= 15 is 0 Å². The van der Waals surface area contributed by atoms with Crippen molar-refractivity contribution in [2.45, 2.75) is 43.3 Å². The molecule has 0 atom stereocenters. The SMILES string of the molecule is CN(C1CCC(N)CC1)S(=O)(=O)C(F)(F)F. The minimum atomic E-state index is -5.22. The maximum atomic E-state index is 12.3. The summed E-state index contributed by atoms with van der Waals surface area (Å²) in [6.45, 7) is 0. The first kappa shape index (κ1) is 13.7. The first-order valence-electron chi connectivity index (χ1n) is 4.96. The van der Waals surface area contributed by atoms with Crippen LogP contribution in [0.5, 0.6) is 0 Å². The molecule has 0 heterocycles. The summed E-state index contributed by atoms with van der Waals surface area (Å²) in [6, 6.07) is -0.621. The van der Waals surface area contributed by atoms with Gasteiger partial charge in [-0.05, 0) is 25.7 Å². The third-order valence-corrected chi connectivity index (χ3v) is 4.57. The Kier molecular flexibility index (Phi) is 3.86. The molecule has 0 saturated heterocycles. The van der Waals surface area contributed by atoms with Crippen molar-refractivity contribution in [1.82, 2.24) is 4.31 Å². The van der Waals surface area contributed by atoms with Crippen LogP contribution in [0.2, 0.25) is 0 Å². The number of rotatable bonds is 2. The summed E-state index contributed by atoms with van der Waals surface area (Å²) in [5, 5.41) is 0. The molecule has 0 spiro atoms. The Bertz CT molecular complexity index is 334. The molecule has 0 aromatic rings. The third-order valence-electron chi connectivity index (χ3n) is 2.93. The van der Waals surface area contributed by atoms with Crippen LogP contribution < -0.4 is 5.73 Å². The molecule has 0 bridgehead atoms. The third kappa shape index (κ3) is 2.67. The smallest absolute Gasteiger partial charge is 0.328 e. The van der Waals surface area contributed by atoms with E-state index in [9.17, 15) is 21.6 Å². The zero-order chi connectivity index (χ0) is 12.6. The van der Waals surface area contributed by atoms with Gasteiger partial charge < -0.3 is 5.73 Å². The van der Waals surface area contributed by atoms with Crippen molar-refractivity contribution < 1.29 is 21.6 Å². The van der Waals surface area contributed by atoms with E-state index in [4.69, 9.17) is 5.73 Å². The average molecular weight is 260 g/mol. The normalized spacial score (nSPS) is 28.4. The Labute approximate surface area is 92.6 Å². The largest absolute Gasteiger partial charge is 0.511 e. The van der Waals surface area contributed by atoms with Crippen molar-refractivity contribution in [2.75, 3.05) is 7.05 Å². The van der Waals surface area contributed by atoms with Gasteiger partial charge in [-0.1, -0.05) is 0 Å². The topological polar surface area (TPSA) is 63.4 Å². The predicted molar refractivity (Wildman–Crippen MR) is 53.0 cm³/mol. The molecular weight excluding hydrogens is 245 g/mol. The second kappa shape index (κ2) is 4.50. The number of nitrogens with two attached hydrogens (primary N) is 1. The lowest BCUT2D eigenvalue weighted by Crippen LogP contribution is -2.46. The fraction of sp³-hybridized carbons (Fsp3) is 1.00. The number of halogens is 3. The summed E-state index contributed by atoms with van der Waals surface area (Å²) >= 11 is 0. The minimum absolute atomic E-state index is 0.0294. The summed E-state index contributed by atoms with van der Waals surface area (Å²) in [6.07, 6.45) is 1.88. The molecular formula is C8H15F3N2O2S. The first-order valence-corrected chi connectivity index (χ1v) is 6.40. The van der Waals surface area contributed by atoms with Crippen LogP contribution in [-0.2, 0) is 10.0 Å². The summed E-state index contributed by atoms with van der Waals surface area (Å²) < 4.78 is 59.4. The van der Waals surface area contributed by atoms with Crippen LogP contribution in [0.4, 0.5) is 13.2 Å². The Morgan fingerprint density at radius 3 is 2.00 bits per heavy atom. The maximum Gasteiger partial charge on any atom is 0.511 e. The standard InChI is InChI=1S/C8H15F3N2O2S/c1-13(16(14,15)8(9,10)11)7-4-2-6(12)3-5-7/h6-7H,2-5,12H2,1H3. The quantitative estimate of drug-likeness (QED) is 0.806. The molecule has 96 valence electrons. The van der Waals surface area contributed by atoms with Crippen molar-refractivity contribution in [1.29, 1.82) is 0 Å². The Morgan fingerprint density at radius 2 is 1.62 bits per heavy atom. The number of sulfonamides is 1. The molecule has 8 heteroatoms. The lowest BCUT2D eigenvalue weighted by atomic mass is 9.92. The zero-order valence-corrected chi connectivity index (χ0v) is 9.68. The highest BCUT2D eigenvalue weighted by atomic mass is 32.2. The summed E-state index contributed by atoms with van der Waals surface area (Å²) in [7, 11) is -4.22. The molecule has 0 aromatic heterocycles. The Hall–Kier alpha value is -0.340. The van der Waals surface area contributed by atoms with E-state index < -0.39 is 21.6 Å². The summed E-state index contributed by atoms with van der Waals surface area (Å²) in [5.41, 5.74) is 0.381. The lowest BCUT2D eigenvalue weighted by Gasteiger charge is -2.32. The molecule has 4 nitrogen and oxygen atoms in total. The second-order valence-corrected chi connectivity index (χ2v) is 6.02. The van der Waals surface area contributed by atoms with Gasteiger partial charge >= 0.3 is 15.5 Å². The molecule has 0 radical (unpaired) electrons. The lowest BCUT2D eigenvalue weighted by molar-refractivity contribution is -0.0496. The molecule has 0 aliphatic heterocycles. The van der Waals surface area contributed by atoms with Gasteiger partial charge in [0.15, 0.2) is 0 Å². The second-order valence-electron chi connectivity index (χ2n) is 4.04. The number of hydrogen-bond acceptors (Lipinski definition) is 3. The zero-order valence-electron chi connectivity index (χ0n) is 8.87. The minimum Gasteiger partial charge on any atom is -0.328 e. The van der Waals surface area contributed by atoms with Gasteiger partial charge in [0.1, 0.15) is 0 Å². The van der Waals surface area contributed by atoms with Crippen LogP contribution in [0.1, 0.15) is 25.7 Å². The first-order chi connectivity index (χ1) is 7.16. The fourth-order valence-electron chi connectivity index (χ4n) is 1.82. The van der Waals surface area contributed by atoms with Crippen molar-refractivity contribution in [3.63, 3.8) is 0 Å². The Morgan fingerprint density at radius 1 is 1.19 bits per heavy atom. The van der Waals surface area contributed by atoms with Crippen LogP contribution in [0.15, 0.2) is 0 Å². The van der Waals surface area contributed by atoms with Crippen LogP contribution in [0, 0.1) is 0 Å². The van der Waals surface area contributed by atoms with Gasteiger partial charge in [-0.15, -0.1) is 0 Å². The summed E-state index contributed by atoms with van der Waals surface area (Å²) in [5.74, 6) is 0. The summed E-state index contributed by atoms with van der Waals surface area (Å²) in [4.78, 5) is 0. The van der Waals surface area contributed by atoms with Crippen LogP contribution in [0.25, 0.3) is 0 Å². The molecule has 1 saturated carbocycles. The van der Waals surface area contributed by atoms with Gasteiger partial charge in [-0.3, -0.25) is 0 Å². The number of hydrogen-bond donors (Lipinski definition) is 1. The highest BCUT2D eigenvalue weighted by molar-refractivity contribution is 7.89. The van der Waals surface area contributed by atoms with E-state index in [0.29, 0.717) is 30.0 Å². The van der Waals surface area contributed by atoms with Crippen LogP contribution >= 0.6 is 0 Å². The predicted octanol–water partition coefficient (Wildman–Crippen LogP) is 1.04. The molecule has 0 unspecified atom stereocenters. The van der Waals surface area contributed by atoms with Gasteiger partial charge in [-0.2, -0.15) is 17.5 Å².